The lowest BCUT2D eigenvalue weighted by atomic mass is 10.1. The average Bonchev–Trinajstić information content (AvgIpc) is 3.29. The van der Waals surface area contributed by atoms with Crippen LogP contribution in [0.4, 0.5) is 0 Å². The smallest absolute Gasteiger partial charge is 0.306 e. The first-order valence-electron chi connectivity index (χ1n) is 26.3. The van der Waals surface area contributed by atoms with Gasteiger partial charge in [-0.25, -0.2) is 0 Å². The first kappa shape index (κ1) is 60.3. The van der Waals surface area contributed by atoms with Crippen molar-refractivity contribution in [1.29, 1.82) is 0 Å². The molecule has 1 unspecified atom stereocenters. The predicted molar refractivity (Wildman–Crippen MR) is 274 cm³/mol. The molecule has 0 rings (SSSR count). The van der Waals surface area contributed by atoms with Crippen molar-refractivity contribution in [3.8, 4) is 0 Å². The third-order valence-corrected chi connectivity index (χ3v) is 10.9. The minimum absolute atomic E-state index is 0.108. The highest BCUT2D eigenvalue weighted by Gasteiger charge is 2.19. The molecule has 1 atom stereocenters. The molecule has 6 nitrogen and oxygen atoms in total. The van der Waals surface area contributed by atoms with Gasteiger partial charge in [0.2, 0.25) is 0 Å². The van der Waals surface area contributed by atoms with Crippen molar-refractivity contribution in [2.75, 3.05) is 13.2 Å². The molecule has 64 heavy (non-hydrogen) atoms. The van der Waals surface area contributed by atoms with E-state index in [1.54, 1.807) is 0 Å². The van der Waals surface area contributed by atoms with Crippen LogP contribution >= 0.6 is 0 Å². The molecule has 0 aliphatic rings. The molecular formula is C58H96O6. The van der Waals surface area contributed by atoms with Crippen LogP contribution in [0.15, 0.2) is 97.2 Å². The third-order valence-electron chi connectivity index (χ3n) is 10.9. The number of carbonyl (C=O) groups is 3. The maximum absolute atomic E-state index is 12.8. The molecule has 364 valence electrons. The summed E-state index contributed by atoms with van der Waals surface area (Å²) in [4.78, 5) is 38.0. The minimum atomic E-state index is -0.814. The second-order valence-electron chi connectivity index (χ2n) is 17.2. The number of hydrogen-bond donors (Lipinski definition) is 0. The highest BCUT2D eigenvalue weighted by Crippen LogP contribution is 2.14. The van der Waals surface area contributed by atoms with Crippen LogP contribution in [0, 0.1) is 0 Å². The molecule has 0 spiro atoms. The second kappa shape index (κ2) is 52.0. The molecule has 6 heteroatoms. The van der Waals surface area contributed by atoms with Gasteiger partial charge in [-0.1, -0.05) is 221 Å². The first-order valence-corrected chi connectivity index (χ1v) is 26.3. The van der Waals surface area contributed by atoms with Crippen LogP contribution in [0.1, 0.15) is 233 Å². The number of ether oxygens (including phenoxy) is 3. The zero-order chi connectivity index (χ0) is 46.5. The molecular weight excluding hydrogens is 793 g/mol. The molecule has 0 bridgehead atoms. The van der Waals surface area contributed by atoms with Crippen molar-refractivity contribution in [2.45, 2.75) is 239 Å². The summed E-state index contributed by atoms with van der Waals surface area (Å²) >= 11 is 0. The number of rotatable bonds is 46. The molecule has 0 aliphatic heterocycles. The van der Waals surface area contributed by atoms with Crippen LogP contribution in [0.2, 0.25) is 0 Å². The summed E-state index contributed by atoms with van der Waals surface area (Å²) in [5.41, 5.74) is 0. The fraction of sp³-hybridized carbons (Fsp3) is 0.672. The number of esters is 3. The largest absolute Gasteiger partial charge is 0.462 e. The van der Waals surface area contributed by atoms with E-state index in [2.05, 4.69) is 63.3 Å². The Morgan fingerprint density at radius 2 is 0.688 bits per heavy atom. The van der Waals surface area contributed by atoms with Gasteiger partial charge in [0.05, 0.1) is 0 Å². The summed E-state index contributed by atoms with van der Waals surface area (Å²) in [7, 11) is 0. The molecule has 0 amide bonds. The van der Waals surface area contributed by atoms with Gasteiger partial charge in [0.25, 0.3) is 0 Å². The first-order chi connectivity index (χ1) is 31.5. The standard InChI is InChI=1S/C58H96O6/c1-4-7-10-13-16-19-22-25-27-29-31-33-36-39-42-45-48-51-57(60)63-54-55(53-62-56(59)50-47-44-41-38-35-32-24-21-18-15-12-9-6-3)64-58(61)52-49-46-43-40-37-34-30-28-26-23-20-17-14-11-8-5-2/h9,12,15-16,18-19,21,24-25,27-28,30,32,35,38,41,55H,4-8,10-11,13-14,17,20,22-23,26,29,31,33-34,36-37,39-40,42-54H2,1-3H3/b12-9+,18-15+,19-16+,24-21+,27-25+,30-28+,35-32+,41-38+. The molecule has 0 aromatic heterocycles. The van der Waals surface area contributed by atoms with Gasteiger partial charge in [-0.05, 0) is 89.9 Å². The van der Waals surface area contributed by atoms with Gasteiger partial charge in [-0.2, -0.15) is 0 Å². The lowest BCUT2D eigenvalue weighted by molar-refractivity contribution is -0.167. The Morgan fingerprint density at radius 1 is 0.344 bits per heavy atom. The maximum Gasteiger partial charge on any atom is 0.306 e. The van der Waals surface area contributed by atoms with Gasteiger partial charge in [0.15, 0.2) is 6.10 Å². The van der Waals surface area contributed by atoms with Gasteiger partial charge in [-0.3, -0.25) is 14.4 Å². The van der Waals surface area contributed by atoms with E-state index in [0.29, 0.717) is 19.3 Å². The Hall–Kier alpha value is -3.67. The van der Waals surface area contributed by atoms with E-state index >= 15 is 0 Å². The average molecular weight is 889 g/mol. The van der Waals surface area contributed by atoms with E-state index in [9.17, 15) is 14.4 Å². The molecule has 0 fully saturated rings. The SMILES string of the molecule is CC/C=C/C=C/C=C/C=C/C=C/CCCC(=O)OCC(COC(=O)CCCCCCCCC/C=C/C/C=C/CCCCC)OC(=O)CCCCCCC/C=C/CCCCCCCCC. The van der Waals surface area contributed by atoms with Gasteiger partial charge in [-0.15, -0.1) is 0 Å². The minimum Gasteiger partial charge on any atom is -0.462 e. The van der Waals surface area contributed by atoms with Crippen LogP contribution < -0.4 is 0 Å². The number of unbranched alkanes of at least 4 members (excludes halogenated alkanes) is 23. The Labute approximate surface area is 394 Å². The van der Waals surface area contributed by atoms with Crippen LogP contribution in [0.5, 0.6) is 0 Å². The summed E-state index contributed by atoms with van der Waals surface area (Å²) in [6.07, 6.45) is 68.3. The summed E-state index contributed by atoms with van der Waals surface area (Å²) in [5.74, 6) is -1.00. The van der Waals surface area contributed by atoms with Crippen molar-refractivity contribution in [2.24, 2.45) is 0 Å². The summed E-state index contributed by atoms with van der Waals surface area (Å²) in [6.45, 7) is 6.38. The fourth-order valence-electron chi connectivity index (χ4n) is 6.97. The highest BCUT2D eigenvalue weighted by molar-refractivity contribution is 5.71. The molecule has 0 aliphatic carbocycles. The van der Waals surface area contributed by atoms with E-state index < -0.39 is 6.10 Å². The zero-order valence-electron chi connectivity index (χ0n) is 41.5. The number of carbonyl (C=O) groups excluding carboxylic acids is 3. The van der Waals surface area contributed by atoms with Gasteiger partial charge < -0.3 is 14.2 Å². The molecule has 0 radical (unpaired) electrons. The maximum atomic E-state index is 12.8. The zero-order valence-corrected chi connectivity index (χ0v) is 41.5. The Kier molecular flexibility index (Phi) is 49.0. The van der Waals surface area contributed by atoms with E-state index in [0.717, 1.165) is 77.0 Å². The highest BCUT2D eigenvalue weighted by atomic mass is 16.6. The summed E-state index contributed by atoms with van der Waals surface area (Å²) in [5, 5.41) is 0. The van der Waals surface area contributed by atoms with E-state index in [1.807, 2.05) is 54.7 Å². The normalized spacial score (nSPS) is 12.9. The van der Waals surface area contributed by atoms with Crippen LogP contribution in [-0.4, -0.2) is 37.2 Å². The molecule has 0 N–H and O–H groups in total. The lowest BCUT2D eigenvalue weighted by Crippen LogP contribution is -2.30. The second-order valence-corrected chi connectivity index (χ2v) is 17.2. The third kappa shape index (κ3) is 49.3. The number of hydrogen-bond acceptors (Lipinski definition) is 6. The van der Waals surface area contributed by atoms with Crippen molar-refractivity contribution >= 4 is 17.9 Å². The van der Waals surface area contributed by atoms with Crippen molar-refractivity contribution in [3.05, 3.63) is 97.2 Å². The monoisotopic (exact) mass is 889 g/mol. The van der Waals surface area contributed by atoms with Gasteiger partial charge >= 0.3 is 17.9 Å². The summed E-state index contributed by atoms with van der Waals surface area (Å²) in [6, 6.07) is 0. The Bertz CT molecular complexity index is 1300. The Morgan fingerprint density at radius 3 is 1.17 bits per heavy atom. The van der Waals surface area contributed by atoms with Gasteiger partial charge in [0, 0.05) is 19.3 Å². The molecule has 0 heterocycles. The predicted octanol–water partition coefficient (Wildman–Crippen LogP) is 17.4. The quantitative estimate of drug-likeness (QED) is 0.0199. The van der Waals surface area contributed by atoms with Gasteiger partial charge in [0.1, 0.15) is 13.2 Å². The molecule has 0 saturated heterocycles. The molecule has 0 aromatic rings. The van der Waals surface area contributed by atoms with Crippen molar-refractivity contribution in [3.63, 3.8) is 0 Å². The van der Waals surface area contributed by atoms with E-state index in [1.165, 1.54) is 109 Å². The lowest BCUT2D eigenvalue weighted by Gasteiger charge is -2.18. The topological polar surface area (TPSA) is 78.9 Å². The number of allylic oxidation sites excluding steroid dienone is 16. The fourth-order valence-corrected chi connectivity index (χ4v) is 6.97. The Balaban J connectivity index is 4.49. The molecule has 0 aromatic carbocycles. The van der Waals surface area contributed by atoms with E-state index in [-0.39, 0.29) is 37.5 Å². The van der Waals surface area contributed by atoms with Crippen LogP contribution in [0.3, 0.4) is 0 Å². The molecule has 0 saturated carbocycles. The van der Waals surface area contributed by atoms with Crippen molar-refractivity contribution in [1.82, 2.24) is 0 Å². The van der Waals surface area contributed by atoms with E-state index in [4.69, 9.17) is 14.2 Å². The van der Waals surface area contributed by atoms with Crippen molar-refractivity contribution < 1.29 is 28.6 Å². The van der Waals surface area contributed by atoms with Crippen LogP contribution in [0.25, 0.3) is 0 Å². The summed E-state index contributed by atoms with van der Waals surface area (Å²) < 4.78 is 16.7. The van der Waals surface area contributed by atoms with Crippen LogP contribution in [-0.2, 0) is 28.6 Å².